The standard InChI is InChI=1S/C10H14N4O2/c11-10(4-1-5-10)6-12-9(16)7-2-3-8(15)14-13-7/h2-3H,1,4-6,11H2,(H,12,16)(H,14,15). The number of aromatic nitrogens is 2. The topological polar surface area (TPSA) is 101 Å². The van der Waals surface area contributed by atoms with Crippen LogP contribution in [0, 0.1) is 0 Å². The van der Waals surface area contributed by atoms with Crippen LogP contribution in [-0.2, 0) is 0 Å². The number of carbonyl (C=O) groups is 1. The average Bonchev–Trinajstić information content (AvgIpc) is 2.24. The summed E-state index contributed by atoms with van der Waals surface area (Å²) in [6.45, 7) is 0.451. The Morgan fingerprint density at radius 1 is 1.56 bits per heavy atom. The van der Waals surface area contributed by atoms with E-state index in [-0.39, 0.29) is 22.7 Å². The monoisotopic (exact) mass is 222 g/mol. The zero-order chi connectivity index (χ0) is 11.6. The first-order valence-corrected chi connectivity index (χ1v) is 5.22. The molecular formula is C10H14N4O2. The molecule has 1 fully saturated rings. The molecule has 0 atom stereocenters. The highest BCUT2D eigenvalue weighted by atomic mass is 16.2. The molecule has 4 N–H and O–H groups in total. The lowest BCUT2D eigenvalue weighted by Crippen LogP contribution is -2.55. The number of nitrogens with zero attached hydrogens (tertiary/aromatic N) is 1. The molecule has 1 saturated carbocycles. The van der Waals surface area contributed by atoms with Gasteiger partial charge in [0.2, 0.25) is 0 Å². The van der Waals surface area contributed by atoms with Crippen LogP contribution >= 0.6 is 0 Å². The molecule has 2 rings (SSSR count). The fraction of sp³-hybridized carbons (Fsp3) is 0.500. The minimum Gasteiger partial charge on any atom is -0.349 e. The van der Waals surface area contributed by atoms with Crippen molar-refractivity contribution >= 4 is 5.91 Å². The summed E-state index contributed by atoms with van der Waals surface area (Å²) in [4.78, 5) is 22.3. The maximum Gasteiger partial charge on any atom is 0.271 e. The third-order valence-corrected chi connectivity index (χ3v) is 2.86. The van der Waals surface area contributed by atoms with Crippen LogP contribution in [0.25, 0.3) is 0 Å². The minimum atomic E-state index is -0.328. The lowest BCUT2D eigenvalue weighted by molar-refractivity contribution is 0.0923. The second kappa shape index (κ2) is 4.05. The van der Waals surface area contributed by atoms with Crippen molar-refractivity contribution in [3.05, 3.63) is 28.2 Å². The van der Waals surface area contributed by atoms with E-state index < -0.39 is 0 Å². The predicted octanol–water partition coefficient (Wildman–Crippen LogP) is -0.619. The molecule has 1 aliphatic rings. The molecule has 0 aliphatic heterocycles. The van der Waals surface area contributed by atoms with Crippen LogP contribution in [0.1, 0.15) is 29.8 Å². The van der Waals surface area contributed by atoms with Crippen LogP contribution in [0.15, 0.2) is 16.9 Å². The molecule has 0 unspecified atom stereocenters. The van der Waals surface area contributed by atoms with E-state index in [2.05, 4.69) is 15.5 Å². The number of rotatable bonds is 3. The van der Waals surface area contributed by atoms with E-state index in [9.17, 15) is 9.59 Å². The second-order valence-corrected chi connectivity index (χ2v) is 4.21. The van der Waals surface area contributed by atoms with Gasteiger partial charge in [-0.25, -0.2) is 5.10 Å². The molecule has 1 amide bonds. The number of H-pyrrole nitrogens is 1. The number of hydrogen-bond donors (Lipinski definition) is 3. The Morgan fingerprint density at radius 3 is 2.81 bits per heavy atom. The quantitative estimate of drug-likeness (QED) is 0.634. The number of amides is 1. The van der Waals surface area contributed by atoms with Gasteiger partial charge in [-0.2, -0.15) is 5.10 Å². The van der Waals surface area contributed by atoms with Crippen LogP contribution in [0.2, 0.25) is 0 Å². The van der Waals surface area contributed by atoms with Crippen LogP contribution in [0.5, 0.6) is 0 Å². The Labute approximate surface area is 92.2 Å². The molecule has 0 saturated heterocycles. The van der Waals surface area contributed by atoms with Gasteiger partial charge in [-0.1, -0.05) is 0 Å². The first-order chi connectivity index (χ1) is 7.59. The second-order valence-electron chi connectivity index (χ2n) is 4.21. The van der Waals surface area contributed by atoms with Gasteiger partial charge in [-0.05, 0) is 25.3 Å². The molecule has 16 heavy (non-hydrogen) atoms. The van der Waals surface area contributed by atoms with Crippen molar-refractivity contribution < 1.29 is 4.79 Å². The fourth-order valence-electron chi connectivity index (χ4n) is 1.63. The predicted molar refractivity (Wildman–Crippen MR) is 58.0 cm³/mol. The van der Waals surface area contributed by atoms with Gasteiger partial charge in [0.15, 0.2) is 0 Å². The van der Waals surface area contributed by atoms with Crippen molar-refractivity contribution in [1.29, 1.82) is 0 Å². The summed E-state index contributed by atoms with van der Waals surface area (Å²) in [7, 11) is 0. The van der Waals surface area contributed by atoms with Crippen molar-refractivity contribution in [3.8, 4) is 0 Å². The van der Waals surface area contributed by atoms with Gasteiger partial charge in [0.05, 0.1) is 0 Å². The smallest absolute Gasteiger partial charge is 0.271 e. The van der Waals surface area contributed by atoms with Gasteiger partial charge in [0.25, 0.3) is 11.5 Å². The normalized spacial score (nSPS) is 17.6. The maximum absolute atomic E-state index is 11.6. The molecule has 0 aromatic carbocycles. The zero-order valence-corrected chi connectivity index (χ0v) is 8.82. The van der Waals surface area contributed by atoms with Crippen molar-refractivity contribution in [2.24, 2.45) is 5.73 Å². The van der Waals surface area contributed by atoms with Crippen LogP contribution in [0.4, 0.5) is 0 Å². The van der Waals surface area contributed by atoms with Crippen LogP contribution in [-0.4, -0.2) is 28.2 Å². The number of nitrogens with one attached hydrogen (secondary N) is 2. The van der Waals surface area contributed by atoms with Gasteiger partial charge in [-0.3, -0.25) is 9.59 Å². The molecule has 0 bridgehead atoms. The molecular weight excluding hydrogens is 208 g/mol. The van der Waals surface area contributed by atoms with Gasteiger partial charge in [0, 0.05) is 18.2 Å². The summed E-state index contributed by atoms with van der Waals surface area (Å²) < 4.78 is 0. The lowest BCUT2D eigenvalue weighted by Gasteiger charge is -2.38. The van der Waals surface area contributed by atoms with Crippen molar-refractivity contribution in [3.63, 3.8) is 0 Å². The zero-order valence-electron chi connectivity index (χ0n) is 8.82. The van der Waals surface area contributed by atoms with E-state index in [4.69, 9.17) is 5.73 Å². The van der Waals surface area contributed by atoms with Crippen LogP contribution in [0.3, 0.4) is 0 Å². The summed E-state index contributed by atoms with van der Waals surface area (Å²) in [5.41, 5.74) is 5.58. The van der Waals surface area contributed by atoms with E-state index in [1.807, 2.05) is 0 Å². The molecule has 1 aliphatic carbocycles. The van der Waals surface area contributed by atoms with Gasteiger partial charge >= 0.3 is 0 Å². The summed E-state index contributed by atoms with van der Waals surface area (Å²) >= 11 is 0. The summed E-state index contributed by atoms with van der Waals surface area (Å²) in [6.07, 6.45) is 2.99. The minimum absolute atomic E-state index is 0.197. The molecule has 6 heteroatoms. The molecule has 86 valence electrons. The third-order valence-electron chi connectivity index (χ3n) is 2.86. The van der Waals surface area contributed by atoms with Crippen molar-refractivity contribution in [2.45, 2.75) is 24.8 Å². The SMILES string of the molecule is NC1(CNC(=O)c2ccc(=O)[nH]n2)CCC1. The van der Waals surface area contributed by atoms with Crippen molar-refractivity contribution in [1.82, 2.24) is 15.5 Å². The third kappa shape index (κ3) is 2.27. The molecule has 0 radical (unpaired) electrons. The van der Waals surface area contributed by atoms with Crippen LogP contribution < -0.4 is 16.6 Å². The maximum atomic E-state index is 11.6. The fourth-order valence-corrected chi connectivity index (χ4v) is 1.63. The Hall–Kier alpha value is -1.69. The number of carbonyl (C=O) groups excluding carboxylic acids is 1. The van der Waals surface area contributed by atoms with Gasteiger partial charge < -0.3 is 11.1 Å². The number of nitrogens with two attached hydrogens (primary N) is 1. The average molecular weight is 222 g/mol. The van der Waals surface area contributed by atoms with E-state index in [0.29, 0.717) is 6.54 Å². The van der Waals surface area contributed by atoms with Gasteiger partial charge in [-0.15, -0.1) is 0 Å². The molecule has 1 aromatic rings. The highest BCUT2D eigenvalue weighted by Crippen LogP contribution is 2.27. The largest absolute Gasteiger partial charge is 0.349 e. The van der Waals surface area contributed by atoms with Crippen molar-refractivity contribution in [2.75, 3.05) is 6.54 Å². The number of hydrogen-bond acceptors (Lipinski definition) is 4. The molecule has 0 spiro atoms. The number of aromatic amines is 1. The first kappa shape index (κ1) is 10.8. The summed E-state index contributed by atoms with van der Waals surface area (Å²) in [5.74, 6) is -0.312. The van der Waals surface area contributed by atoms with E-state index in [1.54, 1.807) is 0 Å². The van der Waals surface area contributed by atoms with E-state index in [0.717, 1.165) is 19.3 Å². The summed E-state index contributed by atoms with van der Waals surface area (Å²) in [5, 5.41) is 8.55. The Bertz CT molecular complexity index is 430. The highest BCUT2D eigenvalue weighted by molar-refractivity contribution is 5.92. The molecule has 6 nitrogen and oxygen atoms in total. The lowest BCUT2D eigenvalue weighted by atomic mass is 9.78. The Morgan fingerprint density at radius 2 is 2.31 bits per heavy atom. The molecule has 1 aromatic heterocycles. The Kier molecular flexibility index (Phi) is 2.74. The first-order valence-electron chi connectivity index (χ1n) is 5.22. The highest BCUT2D eigenvalue weighted by Gasteiger charge is 2.32. The van der Waals surface area contributed by atoms with E-state index >= 15 is 0 Å². The van der Waals surface area contributed by atoms with E-state index in [1.165, 1.54) is 12.1 Å². The summed E-state index contributed by atoms with van der Waals surface area (Å²) in [6, 6.07) is 2.65. The van der Waals surface area contributed by atoms with Gasteiger partial charge in [0.1, 0.15) is 5.69 Å². The Balaban J connectivity index is 1.92. The molecule has 1 heterocycles.